The molecule has 0 spiro atoms. The van der Waals surface area contributed by atoms with Gasteiger partial charge < -0.3 is 10.1 Å². The molecule has 1 aromatic heterocycles. The number of methoxy groups -OCH3 is 1. The summed E-state index contributed by atoms with van der Waals surface area (Å²) in [5.74, 6) is 1.75. The van der Waals surface area contributed by atoms with Crippen LogP contribution in [0.3, 0.4) is 0 Å². The smallest absolute Gasteiger partial charge is 0.256 e. The van der Waals surface area contributed by atoms with E-state index in [0.29, 0.717) is 17.3 Å². The van der Waals surface area contributed by atoms with Gasteiger partial charge in [-0.25, -0.2) is 4.68 Å². The summed E-state index contributed by atoms with van der Waals surface area (Å²) >= 11 is 0. The van der Waals surface area contributed by atoms with Crippen LogP contribution in [0.4, 0.5) is 5.82 Å². The number of aromatic nitrogens is 2. The van der Waals surface area contributed by atoms with Gasteiger partial charge in [0, 0.05) is 18.2 Å². The van der Waals surface area contributed by atoms with Crippen molar-refractivity contribution in [3.8, 4) is 5.75 Å². The number of nitrogens with zero attached hydrogens (tertiary/aromatic N) is 2. The Morgan fingerprint density at radius 2 is 2.00 bits per heavy atom. The summed E-state index contributed by atoms with van der Waals surface area (Å²) in [4.78, 5) is 12.2. The van der Waals surface area contributed by atoms with Crippen molar-refractivity contribution in [1.82, 2.24) is 9.78 Å². The Balaban J connectivity index is 2.09. The number of amides is 1. The van der Waals surface area contributed by atoms with E-state index >= 15 is 0 Å². The molecule has 0 saturated carbocycles. The van der Waals surface area contributed by atoms with Gasteiger partial charge >= 0.3 is 0 Å². The van der Waals surface area contributed by atoms with Crippen molar-refractivity contribution >= 4 is 11.7 Å². The van der Waals surface area contributed by atoms with Gasteiger partial charge in [-0.05, 0) is 30.2 Å². The molecule has 0 unspecified atom stereocenters. The van der Waals surface area contributed by atoms with Crippen molar-refractivity contribution < 1.29 is 9.53 Å². The minimum atomic E-state index is -0.154. The Kier molecular flexibility index (Phi) is 4.40. The molecule has 0 aliphatic carbocycles. The largest absolute Gasteiger partial charge is 0.497 e. The van der Waals surface area contributed by atoms with E-state index in [2.05, 4.69) is 24.3 Å². The zero-order valence-corrected chi connectivity index (χ0v) is 12.0. The first-order chi connectivity index (χ1) is 9.60. The minimum absolute atomic E-state index is 0.154. The zero-order chi connectivity index (χ0) is 14.5. The molecule has 0 saturated heterocycles. The molecule has 0 aliphatic rings. The van der Waals surface area contributed by atoms with Crippen LogP contribution in [-0.4, -0.2) is 22.8 Å². The van der Waals surface area contributed by atoms with Crippen molar-refractivity contribution in [3.05, 3.63) is 42.1 Å². The van der Waals surface area contributed by atoms with E-state index in [0.717, 1.165) is 12.3 Å². The number of hydrogen-bond acceptors (Lipinski definition) is 3. The molecule has 20 heavy (non-hydrogen) atoms. The molecule has 0 fully saturated rings. The normalized spacial score (nSPS) is 10.6. The van der Waals surface area contributed by atoms with E-state index in [1.165, 1.54) is 0 Å². The molecule has 2 aromatic rings. The van der Waals surface area contributed by atoms with Gasteiger partial charge in [0.05, 0.1) is 13.3 Å². The maximum atomic E-state index is 12.2. The fourth-order valence-electron chi connectivity index (χ4n) is 1.86. The van der Waals surface area contributed by atoms with Gasteiger partial charge in [-0.3, -0.25) is 4.79 Å². The second-order valence-electron chi connectivity index (χ2n) is 4.98. The Labute approximate surface area is 118 Å². The van der Waals surface area contributed by atoms with Crippen LogP contribution >= 0.6 is 0 Å². The standard InChI is InChI=1S/C15H19N3O2/c1-11(2)10-18-14(8-9-16-18)17-15(19)12-4-6-13(20-3)7-5-12/h4-9,11H,10H2,1-3H3,(H,17,19). The van der Waals surface area contributed by atoms with Gasteiger partial charge in [0.2, 0.25) is 0 Å². The van der Waals surface area contributed by atoms with Crippen molar-refractivity contribution in [1.29, 1.82) is 0 Å². The first kappa shape index (κ1) is 14.1. The monoisotopic (exact) mass is 273 g/mol. The Bertz CT molecular complexity index is 573. The van der Waals surface area contributed by atoms with Crippen molar-refractivity contribution in [2.45, 2.75) is 20.4 Å². The van der Waals surface area contributed by atoms with Gasteiger partial charge in [-0.1, -0.05) is 13.8 Å². The lowest BCUT2D eigenvalue weighted by molar-refractivity contribution is 0.102. The third kappa shape index (κ3) is 3.38. The molecular formula is C15H19N3O2. The topological polar surface area (TPSA) is 56.1 Å². The van der Waals surface area contributed by atoms with E-state index in [-0.39, 0.29) is 5.91 Å². The lowest BCUT2D eigenvalue weighted by Crippen LogP contribution is -2.17. The van der Waals surface area contributed by atoms with E-state index in [4.69, 9.17) is 4.74 Å². The fourth-order valence-corrected chi connectivity index (χ4v) is 1.86. The number of hydrogen-bond donors (Lipinski definition) is 1. The van der Waals surface area contributed by atoms with Crippen LogP contribution in [0.25, 0.3) is 0 Å². The molecule has 0 bridgehead atoms. The third-order valence-electron chi connectivity index (χ3n) is 2.85. The summed E-state index contributed by atoms with van der Waals surface area (Å²) in [6, 6.07) is 8.79. The second-order valence-corrected chi connectivity index (χ2v) is 4.98. The Morgan fingerprint density at radius 3 is 2.60 bits per heavy atom. The van der Waals surface area contributed by atoms with Gasteiger partial charge in [0.15, 0.2) is 0 Å². The molecular weight excluding hydrogens is 254 g/mol. The van der Waals surface area contributed by atoms with Crippen LogP contribution in [0.1, 0.15) is 24.2 Å². The Morgan fingerprint density at radius 1 is 1.30 bits per heavy atom. The lowest BCUT2D eigenvalue weighted by atomic mass is 10.2. The number of carbonyl (C=O) groups excluding carboxylic acids is 1. The van der Waals surface area contributed by atoms with E-state index in [1.54, 1.807) is 48.3 Å². The molecule has 1 aromatic carbocycles. The van der Waals surface area contributed by atoms with Crippen LogP contribution in [0, 0.1) is 5.92 Å². The average Bonchev–Trinajstić information content (AvgIpc) is 2.85. The highest BCUT2D eigenvalue weighted by molar-refractivity contribution is 6.03. The van der Waals surface area contributed by atoms with Gasteiger partial charge in [-0.2, -0.15) is 5.10 Å². The van der Waals surface area contributed by atoms with E-state index in [1.807, 2.05) is 0 Å². The lowest BCUT2D eigenvalue weighted by Gasteiger charge is -2.11. The predicted molar refractivity (Wildman–Crippen MR) is 78.0 cm³/mol. The number of benzene rings is 1. The average molecular weight is 273 g/mol. The maximum absolute atomic E-state index is 12.2. The highest BCUT2D eigenvalue weighted by Gasteiger charge is 2.10. The fraction of sp³-hybridized carbons (Fsp3) is 0.333. The summed E-state index contributed by atoms with van der Waals surface area (Å²) in [5, 5.41) is 7.08. The quantitative estimate of drug-likeness (QED) is 0.911. The van der Waals surface area contributed by atoms with Crippen molar-refractivity contribution in [2.75, 3.05) is 12.4 Å². The zero-order valence-electron chi connectivity index (χ0n) is 12.0. The molecule has 1 heterocycles. The molecule has 0 atom stereocenters. The van der Waals surface area contributed by atoms with Crippen LogP contribution in [-0.2, 0) is 6.54 Å². The second kappa shape index (κ2) is 6.23. The van der Waals surface area contributed by atoms with E-state index in [9.17, 15) is 4.79 Å². The highest BCUT2D eigenvalue weighted by Crippen LogP contribution is 2.14. The number of nitrogens with one attached hydrogen (secondary N) is 1. The first-order valence-corrected chi connectivity index (χ1v) is 6.57. The maximum Gasteiger partial charge on any atom is 0.256 e. The van der Waals surface area contributed by atoms with Gasteiger partial charge in [0.25, 0.3) is 5.91 Å². The molecule has 1 amide bonds. The first-order valence-electron chi connectivity index (χ1n) is 6.57. The molecule has 5 nitrogen and oxygen atoms in total. The number of rotatable bonds is 5. The molecule has 1 N–H and O–H groups in total. The van der Waals surface area contributed by atoms with Gasteiger partial charge in [-0.15, -0.1) is 0 Å². The Hall–Kier alpha value is -2.30. The van der Waals surface area contributed by atoms with E-state index < -0.39 is 0 Å². The number of carbonyl (C=O) groups is 1. The summed E-state index contributed by atoms with van der Waals surface area (Å²) in [5.41, 5.74) is 0.586. The van der Waals surface area contributed by atoms with Crippen LogP contribution < -0.4 is 10.1 Å². The van der Waals surface area contributed by atoms with Crippen LogP contribution in [0.2, 0.25) is 0 Å². The SMILES string of the molecule is COc1ccc(C(=O)Nc2ccnn2CC(C)C)cc1. The summed E-state index contributed by atoms with van der Waals surface area (Å²) < 4.78 is 6.87. The van der Waals surface area contributed by atoms with Crippen LogP contribution in [0.15, 0.2) is 36.5 Å². The molecule has 0 aliphatic heterocycles. The molecule has 2 rings (SSSR count). The minimum Gasteiger partial charge on any atom is -0.497 e. The number of anilines is 1. The third-order valence-corrected chi connectivity index (χ3v) is 2.85. The summed E-state index contributed by atoms with van der Waals surface area (Å²) in [7, 11) is 1.60. The van der Waals surface area contributed by atoms with Crippen molar-refractivity contribution in [3.63, 3.8) is 0 Å². The van der Waals surface area contributed by atoms with Crippen LogP contribution in [0.5, 0.6) is 5.75 Å². The molecule has 5 heteroatoms. The van der Waals surface area contributed by atoms with Gasteiger partial charge in [0.1, 0.15) is 11.6 Å². The highest BCUT2D eigenvalue weighted by atomic mass is 16.5. The predicted octanol–water partition coefficient (Wildman–Crippen LogP) is 2.80. The number of ether oxygens (including phenoxy) is 1. The summed E-state index contributed by atoms with van der Waals surface area (Å²) in [6.45, 7) is 4.98. The summed E-state index contributed by atoms with van der Waals surface area (Å²) in [6.07, 6.45) is 1.69. The van der Waals surface area contributed by atoms with Crippen molar-refractivity contribution in [2.24, 2.45) is 5.92 Å². The molecule has 0 radical (unpaired) electrons. The molecule has 106 valence electrons.